The first-order valence-electron chi connectivity index (χ1n) is 8.19. The summed E-state index contributed by atoms with van der Waals surface area (Å²) < 4.78 is 5.96. The van der Waals surface area contributed by atoms with Crippen molar-refractivity contribution in [1.82, 2.24) is 10.2 Å². The molecule has 0 unspecified atom stereocenters. The Labute approximate surface area is 146 Å². The number of rotatable bonds is 4. The number of halogens is 2. The van der Waals surface area contributed by atoms with Crippen molar-refractivity contribution < 1.29 is 4.42 Å². The van der Waals surface area contributed by atoms with Gasteiger partial charge in [-0.2, -0.15) is 0 Å². The van der Waals surface area contributed by atoms with Crippen molar-refractivity contribution in [3.8, 4) is 11.3 Å². The van der Waals surface area contributed by atoms with E-state index in [0.717, 1.165) is 29.5 Å². The maximum Gasteiger partial charge on any atom is 0.135 e. The summed E-state index contributed by atoms with van der Waals surface area (Å²) in [5.41, 5.74) is 0.880. The molecule has 3 saturated heterocycles. The van der Waals surface area contributed by atoms with Crippen LogP contribution >= 0.6 is 23.2 Å². The van der Waals surface area contributed by atoms with Crippen LogP contribution in [0.5, 0.6) is 0 Å². The van der Waals surface area contributed by atoms with Gasteiger partial charge in [0.1, 0.15) is 11.5 Å². The summed E-state index contributed by atoms with van der Waals surface area (Å²) in [7, 11) is 0. The van der Waals surface area contributed by atoms with Gasteiger partial charge >= 0.3 is 0 Å². The largest absolute Gasteiger partial charge is 0.460 e. The van der Waals surface area contributed by atoms with Crippen molar-refractivity contribution in [2.75, 3.05) is 19.6 Å². The third-order valence-corrected chi connectivity index (χ3v) is 5.60. The van der Waals surface area contributed by atoms with Gasteiger partial charge in [-0.25, -0.2) is 0 Å². The molecule has 0 spiro atoms. The van der Waals surface area contributed by atoms with Gasteiger partial charge < -0.3 is 14.6 Å². The molecule has 1 aromatic carbocycles. The lowest BCUT2D eigenvalue weighted by Crippen LogP contribution is -2.55. The van der Waals surface area contributed by atoms with Crippen molar-refractivity contribution in [2.45, 2.75) is 25.4 Å². The fourth-order valence-electron chi connectivity index (χ4n) is 3.74. The molecule has 0 saturated carbocycles. The van der Waals surface area contributed by atoms with Crippen LogP contribution in [0.25, 0.3) is 11.3 Å². The highest BCUT2D eigenvalue weighted by Gasteiger charge is 2.33. The summed E-state index contributed by atoms with van der Waals surface area (Å²) >= 11 is 12.2. The molecular weight excluding hydrogens is 331 g/mol. The van der Waals surface area contributed by atoms with Gasteiger partial charge in [-0.3, -0.25) is 0 Å². The van der Waals surface area contributed by atoms with Crippen LogP contribution in [0.2, 0.25) is 10.0 Å². The number of nitrogens with zero attached hydrogens (tertiary/aromatic N) is 1. The Morgan fingerprint density at radius 1 is 1.13 bits per heavy atom. The van der Waals surface area contributed by atoms with Crippen molar-refractivity contribution >= 4 is 23.2 Å². The van der Waals surface area contributed by atoms with Crippen LogP contribution in [-0.2, 0) is 6.54 Å². The van der Waals surface area contributed by atoms with E-state index in [1.807, 2.05) is 24.3 Å². The average Bonchev–Trinajstić information content (AvgIpc) is 3.03. The highest BCUT2D eigenvalue weighted by Crippen LogP contribution is 2.32. The lowest BCUT2D eigenvalue weighted by molar-refractivity contribution is 0.0711. The van der Waals surface area contributed by atoms with Crippen molar-refractivity contribution in [3.05, 3.63) is 46.1 Å². The van der Waals surface area contributed by atoms with Crippen LogP contribution < -0.4 is 5.32 Å². The van der Waals surface area contributed by atoms with E-state index >= 15 is 0 Å². The van der Waals surface area contributed by atoms with Crippen LogP contribution in [0.3, 0.4) is 0 Å². The Kier molecular flexibility index (Phi) is 4.37. The number of hydrogen-bond donors (Lipinski definition) is 1. The molecule has 0 amide bonds. The zero-order valence-corrected chi connectivity index (χ0v) is 14.4. The number of hydrogen-bond acceptors (Lipinski definition) is 3. The van der Waals surface area contributed by atoms with Crippen molar-refractivity contribution in [3.63, 3.8) is 0 Å². The summed E-state index contributed by atoms with van der Waals surface area (Å²) in [5, 5.41) is 4.92. The minimum absolute atomic E-state index is 0.588. The third-order valence-electron chi connectivity index (χ3n) is 5.05. The fraction of sp³-hybridized carbons (Fsp3) is 0.444. The highest BCUT2D eigenvalue weighted by atomic mass is 35.5. The minimum atomic E-state index is 0.588. The predicted molar refractivity (Wildman–Crippen MR) is 94.0 cm³/mol. The fourth-order valence-corrected chi connectivity index (χ4v) is 4.24. The Balaban J connectivity index is 1.42. The molecule has 0 aliphatic carbocycles. The summed E-state index contributed by atoms with van der Waals surface area (Å²) in [4.78, 5) is 2.55. The van der Waals surface area contributed by atoms with Gasteiger partial charge in [0.25, 0.3) is 0 Å². The maximum absolute atomic E-state index is 6.25. The standard InChI is InChI=1S/C18H20Cl2N2O/c19-13-1-3-15(16(20)9-13)18-4-2-14(23-18)10-21-17-11-22-7-5-12(17)6-8-22/h1-4,9,12,17,21H,5-8,10-11H2/t17-/m1/s1. The number of piperidine rings is 3. The SMILES string of the molecule is Clc1ccc(-c2ccc(CN[C@@H]3CN4CCC3CC4)o2)c(Cl)c1. The molecule has 1 aromatic heterocycles. The monoisotopic (exact) mass is 350 g/mol. The zero-order chi connectivity index (χ0) is 15.8. The first kappa shape index (κ1) is 15.5. The summed E-state index contributed by atoms with van der Waals surface area (Å²) in [6.07, 6.45) is 2.64. The summed E-state index contributed by atoms with van der Waals surface area (Å²) in [5.74, 6) is 2.56. The van der Waals surface area contributed by atoms with Crippen LogP contribution in [0, 0.1) is 5.92 Å². The molecule has 1 N–H and O–H groups in total. The van der Waals surface area contributed by atoms with E-state index in [0.29, 0.717) is 16.1 Å². The molecule has 122 valence electrons. The molecule has 4 heterocycles. The van der Waals surface area contributed by atoms with Gasteiger partial charge in [0.05, 0.1) is 11.6 Å². The van der Waals surface area contributed by atoms with Crippen LogP contribution in [0.1, 0.15) is 18.6 Å². The molecule has 23 heavy (non-hydrogen) atoms. The van der Waals surface area contributed by atoms with Gasteiger partial charge in [-0.15, -0.1) is 0 Å². The van der Waals surface area contributed by atoms with Gasteiger partial charge in [0.15, 0.2) is 0 Å². The molecular formula is C18H20Cl2N2O. The molecule has 0 radical (unpaired) electrons. The Morgan fingerprint density at radius 3 is 2.65 bits per heavy atom. The highest BCUT2D eigenvalue weighted by molar-refractivity contribution is 6.36. The Hall–Kier alpha value is -1.00. The van der Waals surface area contributed by atoms with Gasteiger partial charge in [-0.1, -0.05) is 23.2 Å². The van der Waals surface area contributed by atoms with Crippen molar-refractivity contribution in [2.24, 2.45) is 5.92 Å². The second-order valence-corrected chi connectivity index (χ2v) is 7.36. The van der Waals surface area contributed by atoms with E-state index in [1.54, 1.807) is 6.07 Å². The molecule has 3 fully saturated rings. The first-order valence-corrected chi connectivity index (χ1v) is 8.94. The molecule has 2 aromatic rings. The van der Waals surface area contributed by atoms with E-state index in [1.165, 1.54) is 32.5 Å². The summed E-state index contributed by atoms with van der Waals surface area (Å²) in [6, 6.07) is 10.1. The molecule has 3 aliphatic heterocycles. The normalized spacial score (nSPS) is 26.6. The van der Waals surface area contributed by atoms with Gasteiger partial charge in [0.2, 0.25) is 0 Å². The van der Waals surface area contributed by atoms with E-state index in [4.69, 9.17) is 27.6 Å². The summed E-state index contributed by atoms with van der Waals surface area (Å²) in [6.45, 7) is 4.47. The maximum atomic E-state index is 6.25. The molecule has 1 atom stereocenters. The Morgan fingerprint density at radius 2 is 1.96 bits per heavy atom. The third kappa shape index (κ3) is 3.29. The number of benzene rings is 1. The van der Waals surface area contributed by atoms with E-state index in [2.05, 4.69) is 10.2 Å². The molecule has 3 nitrogen and oxygen atoms in total. The Bertz CT molecular complexity index is 692. The lowest BCUT2D eigenvalue weighted by Gasteiger charge is -2.45. The molecule has 5 rings (SSSR count). The minimum Gasteiger partial charge on any atom is -0.460 e. The smallest absolute Gasteiger partial charge is 0.135 e. The van der Waals surface area contributed by atoms with Crippen LogP contribution in [0.4, 0.5) is 0 Å². The number of fused-ring (bicyclic) bond motifs is 3. The van der Waals surface area contributed by atoms with E-state index < -0.39 is 0 Å². The van der Waals surface area contributed by atoms with E-state index in [-0.39, 0.29) is 0 Å². The zero-order valence-electron chi connectivity index (χ0n) is 12.9. The quantitative estimate of drug-likeness (QED) is 0.883. The average molecular weight is 351 g/mol. The van der Waals surface area contributed by atoms with Crippen molar-refractivity contribution in [1.29, 1.82) is 0 Å². The molecule has 3 aliphatic rings. The molecule has 2 bridgehead atoms. The molecule has 5 heteroatoms. The number of nitrogens with one attached hydrogen (secondary N) is 1. The second-order valence-electron chi connectivity index (χ2n) is 6.52. The van der Waals surface area contributed by atoms with Crippen LogP contribution in [0.15, 0.2) is 34.7 Å². The first-order chi connectivity index (χ1) is 11.2. The lowest BCUT2D eigenvalue weighted by atomic mass is 9.84. The van der Waals surface area contributed by atoms with Crippen LogP contribution in [-0.4, -0.2) is 30.6 Å². The van der Waals surface area contributed by atoms with Gasteiger partial charge in [0, 0.05) is 23.2 Å². The topological polar surface area (TPSA) is 28.4 Å². The predicted octanol–water partition coefficient (Wildman–Crippen LogP) is 4.44. The number of furan rings is 1. The van der Waals surface area contributed by atoms with E-state index in [9.17, 15) is 0 Å². The van der Waals surface area contributed by atoms with Gasteiger partial charge in [-0.05, 0) is 62.2 Å². The second kappa shape index (κ2) is 6.48.